The second-order valence-corrected chi connectivity index (χ2v) is 6.86. The first-order chi connectivity index (χ1) is 6.24. The first kappa shape index (κ1) is 9.84. The van der Waals surface area contributed by atoms with Gasteiger partial charge >= 0.3 is 0 Å². The lowest BCUT2D eigenvalue weighted by Gasteiger charge is -2.11. The number of thiophene rings is 1. The molecular formula is C9H12ClNS2. The van der Waals surface area contributed by atoms with Crippen LogP contribution in [-0.4, -0.2) is 18.3 Å². The maximum Gasteiger partial charge on any atom is 0.0940 e. The SMILES string of the molecule is CNCC1(Sc2ccc(Cl)s2)CC1. The van der Waals surface area contributed by atoms with Gasteiger partial charge < -0.3 is 5.32 Å². The second kappa shape index (κ2) is 3.81. The van der Waals surface area contributed by atoms with Crippen molar-refractivity contribution >= 4 is 34.7 Å². The molecule has 0 saturated heterocycles. The van der Waals surface area contributed by atoms with E-state index in [9.17, 15) is 0 Å². The number of thioether (sulfide) groups is 1. The van der Waals surface area contributed by atoms with Gasteiger partial charge in [0.2, 0.25) is 0 Å². The standard InChI is InChI=1S/C9H12ClNS2/c1-11-6-9(4-5-9)13-8-3-2-7(10)12-8/h2-3,11H,4-6H2,1H3. The fourth-order valence-electron chi connectivity index (χ4n) is 1.34. The number of rotatable bonds is 4. The van der Waals surface area contributed by atoms with Gasteiger partial charge in [-0.05, 0) is 32.0 Å². The van der Waals surface area contributed by atoms with Crippen molar-refractivity contribution in [2.75, 3.05) is 13.6 Å². The van der Waals surface area contributed by atoms with Crippen LogP contribution in [0.15, 0.2) is 16.3 Å². The minimum atomic E-state index is 0.475. The third-order valence-electron chi connectivity index (χ3n) is 2.17. The van der Waals surface area contributed by atoms with Crippen LogP contribution < -0.4 is 5.32 Å². The molecule has 1 fully saturated rings. The monoisotopic (exact) mass is 233 g/mol. The van der Waals surface area contributed by atoms with Crippen molar-refractivity contribution < 1.29 is 0 Å². The van der Waals surface area contributed by atoms with E-state index in [1.54, 1.807) is 11.3 Å². The third kappa shape index (κ3) is 2.40. The summed E-state index contributed by atoms with van der Waals surface area (Å²) in [5, 5.41) is 3.25. The zero-order chi connectivity index (χ0) is 9.31. The topological polar surface area (TPSA) is 12.0 Å². The molecule has 0 spiro atoms. The van der Waals surface area contributed by atoms with Crippen molar-refractivity contribution in [3.63, 3.8) is 0 Å². The Morgan fingerprint density at radius 3 is 2.85 bits per heavy atom. The Morgan fingerprint density at radius 2 is 2.38 bits per heavy atom. The smallest absolute Gasteiger partial charge is 0.0940 e. The van der Waals surface area contributed by atoms with Gasteiger partial charge in [0, 0.05) is 11.3 Å². The summed E-state index contributed by atoms with van der Waals surface area (Å²) < 4.78 is 2.71. The molecule has 0 bridgehead atoms. The van der Waals surface area contributed by atoms with E-state index in [-0.39, 0.29) is 0 Å². The van der Waals surface area contributed by atoms with Gasteiger partial charge in [0.25, 0.3) is 0 Å². The number of hydrogen-bond acceptors (Lipinski definition) is 3. The first-order valence-corrected chi connectivity index (χ1v) is 6.34. The van der Waals surface area contributed by atoms with Crippen LogP contribution in [-0.2, 0) is 0 Å². The molecule has 13 heavy (non-hydrogen) atoms. The predicted octanol–water partition coefficient (Wildman–Crippen LogP) is 3.25. The van der Waals surface area contributed by atoms with Gasteiger partial charge in [-0.15, -0.1) is 23.1 Å². The lowest BCUT2D eigenvalue weighted by atomic mass is 10.4. The highest BCUT2D eigenvalue weighted by atomic mass is 35.5. The van der Waals surface area contributed by atoms with Crippen LogP contribution >= 0.6 is 34.7 Å². The van der Waals surface area contributed by atoms with E-state index in [0.717, 1.165) is 10.9 Å². The molecule has 2 rings (SSSR count). The Balaban J connectivity index is 1.98. The molecule has 0 radical (unpaired) electrons. The summed E-state index contributed by atoms with van der Waals surface area (Å²) in [4.78, 5) is 0. The highest BCUT2D eigenvalue weighted by Crippen LogP contribution is 2.52. The van der Waals surface area contributed by atoms with Crippen LogP contribution in [0.2, 0.25) is 4.34 Å². The molecule has 0 unspecified atom stereocenters. The van der Waals surface area contributed by atoms with E-state index >= 15 is 0 Å². The average molecular weight is 234 g/mol. The van der Waals surface area contributed by atoms with E-state index < -0.39 is 0 Å². The van der Waals surface area contributed by atoms with Gasteiger partial charge in [-0.2, -0.15) is 0 Å². The Morgan fingerprint density at radius 1 is 1.62 bits per heavy atom. The van der Waals surface area contributed by atoms with Crippen LogP contribution in [0.3, 0.4) is 0 Å². The third-order valence-corrected chi connectivity index (χ3v) is 5.02. The lowest BCUT2D eigenvalue weighted by molar-refractivity contribution is 0.752. The Kier molecular flexibility index (Phi) is 2.88. The number of hydrogen-bond donors (Lipinski definition) is 1. The molecule has 4 heteroatoms. The lowest BCUT2D eigenvalue weighted by Crippen LogP contribution is -2.21. The Labute approximate surface area is 91.9 Å². The number of halogens is 1. The highest BCUT2D eigenvalue weighted by molar-refractivity contribution is 8.02. The summed E-state index contributed by atoms with van der Waals surface area (Å²) in [5.41, 5.74) is 0. The molecule has 1 N–H and O–H groups in total. The van der Waals surface area contributed by atoms with Crippen LogP contribution in [0.5, 0.6) is 0 Å². The molecule has 1 aliphatic carbocycles. The van der Waals surface area contributed by atoms with Gasteiger partial charge in [-0.1, -0.05) is 11.6 Å². The van der Waals surface area contributed by atoms with E-state index in [2.05, 4.69) is 11.4 Å². The predicted molar refractivity (Wildman–Crippen MR) is 61.1 cm³/mol. The minimum absolute atomic E-state index is 0.475. The first-order valence-electron chi connectivity index (χ1n) is 4.33. The maximum atomic E-state index is 5.88. The number of nitrogens with one attached hydrogen (secondary N) is 1. The average Bonchev–Trinajstić information content (AvgIpc) is 2.70. The zero-order valence-corrected chi connectivity index (χ0v) is 9.86. The van der Waals surface area contributed by atoms with Crippen LogP contribution in [0.1, 0.15) is 12.8 Å². The zero-order valence-electron chi connectivity index (χ0n) is 7.47. The van der Waals surface area contributed by atoms with Crippen molar-refractivity contribution in [2.45, 2.75) is 21.8 Å². The van der Waals surface area contributed by atoms with Crippen molar-refractivity contribution in [1.29, 1.82) is 0 Å². The molecule has 0 aliphatic heterocycles. The van der Waals surface area contributed by atoms with Crippen LogP contribution in [0.25, 0.3) is 0 Å². The molecule has 0 atom stereocenters. The molecule has 1 aromatic heterocycles. The Hall–Kier alpha value is 0.300. The quantitative estimate of drug-likeness (QED) is 0.857. The van der Waals surface area contributed by atoms with Gasteiger partial charge in [0.05, 0.1) is 8.55 Å². The highest BCUT2D eigenvalue weighted by Gasteiger charge is 2.43. The van der Waals surface area contributed by atoms with E-state index in [0.29, 0.717) is 4.75 Å². The molecule has 1 aromatic rings. The van der Waals surface area contributed by atoms with Crippen LogP contribution in [0.4, 0.5) is 0 Å². The van der Waals surface area contributed by atoms with E-state index in [1.807, 2.05) is 24.9 Å². The second-order valence-electron chi connectivity index (χ2n) is 3.37. The molecular weight excluding hydrogens is 222 g/mol. The fourth-order valence-corrected chi connectivity index (χ4v) is 4.31. The fraction of sp³-hybridized carbons (Fsp3) is 0.556. The summed E-state index contributed by atoms with van der Waals surface area (Å²) in [6, 6.07) is 4.09. The molecule has 0 aromatic carbocycles. The van der Waals surface area contributed by atoms with Crippen molar-refractivity contribution in [1.82, 2.24) is 5.32 Å². The molecule has 0 amide bonds. The van der Waals surface area contributed by atoms with Gasteiger partial charge in [-0.3, -0.25) is 0 Å². The van der Waals surface area contributed by atoms with Crippen molar-refractivity contribution in [2.24, 2.45) is 0 Å². The van der Waals surface area contributed by atoms with Gasteiger partial charge in [-0.25, -0.2) is 0 Å². The van der Waals surface area contributed by atoms with Gasteiger partial charge in [0.1, 0.15) is 0 Å². The normalized spacial score (nSPS) is 18.9. The minimum Gasteiger partial charge on any atom is -0.318 e. The molecule has 1 heterocycles. The van der Waals surface area contributed by atoms with Crippen molar-refractivity contribution in [3.8, 4) is 0 Å². The summed E-state index contributed by atoms with van der Waals surface area (Å²) >= 11 is 9.53. The summed E-state index contributed by atoms with van der Waals surface area (Å²) in [6.45, 7) is 1.10. The maximum absolute atomic E-state index is 5.88. The summed E-state index contributed by atoms with van der Waals surface area (Å²) in [7, 11) is 2.02. The summed E-state index contributed by atoms with van der Waals surface area (Å²) in [5.74, 6) is 0. The van der Waals surface area contributed by atoms with Crippen LogP contribution in [0, 0.1) is 0 Å². The van der Waals surface area contributed by atoms with Gasteiger partial charge in [0.15, 0.2) is 0 Å². The molecule has 1 aliphatic rings. The largest absolute Gasteiger partial charge is 0.318 e. The molecule has 1 nitrogen and oxygen atoms in total. The van der Waals surface area contributed by atoms with E-state index in [1.165, 1.54) is 17.1 Å². The molecule has 1 saturated carbocycles. The van der Waals surface area contributed by atoms with Crippen molar-refractivity contribution in [3.05, 3.63) is 16.5 Å². The van der Waals surface area contributed by atoms with E-state index in [4.69, 9.17) is 11.6 Å². The summed E-state index contributed by atoms with van der Waals surface area (Å²) in [6.07, 6.45) is 2.65. The Bertz CT molecular complexity index is 294. The molecule has 72 valence electrons.